The first kappa shape index (κ1) is 16.6. The molecule has 5 heteroatoms. The van der Waals surface area contributed by atoms with Crippen LogP contribution in [0.5, 0.6) is 0 Å². The number of aromatic nitrogens is 2. The van der Waals surface area contributed by atoms with Crippen molar-refractivity contribution in [2.24, 2.45) is 4.99 Å². The molecule has 0 spiro atoms. The molecular formula is C18H23N5. The number of hydrogen-bond acceptors (Lipinski definition) is 2. The summed E-state index contributed by atoms with van der Waals surface area (Å²) in [5, 5.41) is 6.27. The quantitative estimate of drug-likeness (QED) is 0.487. The van der Waals surface area contributed by atoms with E-state index in [9.17, 15) is 0 Å². The molecule has 2 rings (SSSR count). The minimum absolute atomic E-state index is 0.464. The number of aryl methyl sites for hydroxylation is 1. The monoisotopic (exact) mass is 309 g/mol. The van der Waals surface area contributed by atoms with Gasteiger partial charge in [-0.15, -0.1) is 6.42 Å². The van der Waals surface area contributed by atoms with Gasteiger partial charge in [0.15, 0.2) is 5.96 Å². The Morgan fingerprint density at radius 1 is 1.35 bits per heavy atom. The highest BCUT2D eigenvalue weighted by Gasteiger charge is 2.01. The fourth-order valence-corrected chi connectivity index (χ4v) is 2.24. The third-order valence-corrected chi connectivity index (χ3v) is 3.39. The van der Waals surface area contributed by atoms with Crippen LogP contribution in [-0.4, -0.2) is 28.6 Å². The summed E-state index contributed by atoms with van der Waals surface area (Å²) in [6.07, 6.45) is 9.09. The zero-order chi connectivity index (χ0) is 16.5. The molecule has 0 aliphatic rings. The molecule has 0 saturated carbocycles. The van der Waals surface area contributed by atoms with Crippen LogP contribution in [0.2, 0.25) is 0 Å². The molecule has 0 fully saturated rings. The fraction of sp³-hybridized carbons (Fsp3) is 0.333. The third-order valence-electron chi connectivity index (χ3n) is 3.39. The molecule has 0 aliphatic carbocycles. The molecule has 1 heterocycles. The SMILES string of the molecule is C#CCNC(=NCc1cccc(Cn2ccnc2C)c1)NCC. The zero-order valence-corrected chi connectivity index (χ0v) is 13.7. The van der Waals surface area contributed by atoms with E-state index in [-0.39, 0.29) is 0 Å². The number of nitrogens with one attached hydrogen (secondary N) is 2. The molecule has 5 nitrogen and oxygen atoms in total. The minimum atomic E-state index is 0.464. The summed E-state index contributed by atoms with van der Waals surface area (Å²) in [4.78, 5) is 8.81. The summed E-state index contributed by atoms with van der Waals surface area (Å²) in [5.41, 5.74) is 2.40. The molecule has 1 aromatic heterocycles. The normalized spacial score (nSPS) is 11.1. The fourth-order valence-electron chi connectivity index (χ4n) is 2.24. The molecule has 0 bridgehead atoms. The van der Waals surface area contributed by atoms with E-state index in [0.717, 1.165) is 30.4 Å². The van der Waals surface area contributed by atoms with Crippen LogP contribution in [0.4, 0.5) is 0 Å². The molecule has 0 unspecified atom stereocenters. The van der Waals surface area contributed by atoms with Gasteiger partial charge in [0, 0.05) is 25.5 Å². The van der Waals surface area contributed by atoms with E-state index in [1.54, 1.807) is 0 Å². The van der Waals surface area contributed by atoms with Crippen molar-refractivity contribution in [3.8, 4) is 12.3 Å². The molecule has 0 atom stereocenters. The van der Waals surface area contributed by atoms with Crippen LogP contribution in [0, 0.1) is 19.3 Å². The van der Waals surface area contributed by atoms with E-state index in [1.165, 1.54) is 5.56 Å². The van der Waals surface area contributed by atoms with Crippen LogP contribution in [0.1, 0.15) is 23.9 Å². The number of terminal acetylenes is 1. The Bertz CT molecular complexity index is 693. The van der Waals surface area contributed by atoms with Crippen molar-refractivity contribution in [1.29, 1.82) is 0 Å². The highest BCUT2D eigenvalue weighted by atomic mass is 15.2. The Morgan fingerprint density at radius 3 is 2.87 bits per heavy atom. The first-order valence-electron chi connectivity index (χ1n) is 7.74. The van der Waals surface area contributed by atoms with Crippen LogP contribution in [0.3, 0.4) is 0 Å². The summed E-state index contributed by atoms with van der Waals surface area (Å²) in [7, 11) is 0. The van der Waals surface area contributed by atoms with Crippen LogP contribution in [-0.2, 0) is 13.1 Å². The number of imidazole rings is 1. The Kier molecular flexibility index (Phi) is 6.25. The maximum absolute atomic E-state index is 5.27. The van der Waals surface area contributed by atoms with E-state index in [4.69, 9.17) is 6.42 Å². The third kappa shape index (κ3) is 5.19. The van der Waals surface area contributed by atoms with E-state index in [2.05, 4.69) is 55.4 Å². The molecule has 2 aromatic rings. The number of aliphatic imine (C=N–C) groups is 1. The Hall–Kier alpha value is -2.74. The van der Waals surface area contributed by atoms with E-state index in [0.29, 0.717) is 13.1 Å². The van der Waals surface area contributed by atoms with Crippen molar-refractivity contribution in [2.75, 3.05) is 13.1 Å². The van der Waals surface area contributed by atoms with Crippen molar-refractivity contribution in [3.63, 3.8) is 0 Å². The van der Waals surface area contributed by atoms with Gasteiger partial charge < -0.3 is 15.2 Å². The van der Waals surface area contributed by atoms with Gasteiger partial charge in [-0.1, -0.05) is 30.2 Å². The average molecular weight is 309 g/mol. The van der Waals surface area contributed by atoms with Gasteiger partial charge in [-0.05, 0) is 25.0 Å². The highest BCUT2D eigenvalue weighted by Crippen LogP contribution is 2.09. The summed E-state index contributed by atoms with van der Waals surface area (Å²) in [6.45, 7) is 6.73. The lowest BCUT2D eigenvalue weighted by Gasteiger charge is -2.10. The Balaban J connectivity index is 2.04. The topological polar surface area (TPSA) is 54.2 Å². The number of nitrogens with zero attached hydrogens (tertiary/aromatic N) is 3. The molecule has 1 aromatic carbocycles. The molecule has 0 saturated heterocycles. The smallest absolute Gasteiger partial charge is 0.192 e. The Morgan fingerprint density at radius 2 is 2.17 bits per heavy atom. The number of guanidine groups is 1. The lowest BCUT2D eigenvalue weighted by Crippen LogP contribution is -2.37. The lowest BCUT2D eigenvalue weighted by atomic mass is 10.1. The van der Waals surface area contributed by atoms with Crippen LogP contribution >= 0.6 is 0 Å². The van der Waals surface area contributed by atoms with Crippen LogP contribution in [0.25, 0.3) is 0 Å². The van der Waals surface area contributed by atoms with Crippen molar-refractivity contribution in [3.05, 3.63) is 53.6 Å². The standard InChI is InChI=1S/C18H23N5/c1-4-9-21-18(19-5-2)22-13-16-7-6-8-17(12-16)14-23-11-10-20-15(23)3/h1,6-8,10-12H,5,9,13-14H2,2-3H3,(H2,19,21,22). The Labute approximate surface area is 137 Å². The average Bonchev–Trinajstić information content (AvgIpc) is 2.95. The summed E-state index contributed by atoms with van der Waals surface area (Å²) in [5.74, 6) is 4.31. The minimum Gasteiger partial charge on any atom is -0.357 e. The molecule has 23 heavy (non-hydrogen) atoms. The van der Waals surface area contributed by atoms with Gasteiger partial charge in [0.1, 0.15) is 5.82 Å². The molecule has 120 valence electrons. The van der Waals surface area contributed by atoms with Gasteiger partial charge in [0.05, 0.1) is 13.1 Å². The van der Waals surface area contributed by atoms with Crippen LogP contribution < -0.4 is 10.6 Å². The maximum atomic E-state index is 5.27. The second-order valence-corrected chi connectivity index (χ2v) is 5.18. The highest BCUT2D eigenvalue weighted by molar-refractivity contribution is 5.79. The van der Waals surface area contributed by atoms with Crippen molar-refractivity contribution < 1.29 is 0 Å². The van der Waals surface area contributed by atoms with Gasteiger partial charge in [0.25, 0.3) is 0 Å². The predicted molar refractivity (Wildman–Crippen MR) is 94.2 cm³/mol. The number of hydrogen-bond donors (Lipinski definition) is 2. The molecule has 0 amide bonds. The molecule has 0 aliphatic heterocycles. The van der Waals surface area contributed by atoms with Gasteiger partial charge in [-0.3, -0.25) is 0 Å². The van der Waals surface area contributed by atoms with E-state index < -0.39 is 0 Å². The van der Waals surface area contributed by atoms with Crippen molar-refractivity contribution in [2.45, 2.75) is 26.9 Å². The number of rotatable bonds is 6. The van der Waals surface area contributed by atoms with Crippen molar-refractivity contribution in [1.82, 2.24) is 20.2 Å². The van der Waals surface area contributed by atoms with Gasteiger partial charge in [-0.2, -0.15) is 0 Å². The molecular weight excluding hydrogens is 286 g/mol. The lowest BCUT2D eigenvalue weighted by molar-refractivity contribution is 0.760. The van der Waals surface area contributed by atoms with Crippen LogP contribution in [0.15, 0.2) is 41.7 Å². The van der Waals surface area contributed by atoms with Gasteiger partial charge in [-0.25, -0.2) is 9.98 Å². The van der Waals surface area contributed by atoms with Crippen molar-refractivity contribution >= 4 is 5.96 Å². The first-order chi connectivity index (χ1) is 11.2. The van der Waals surface area contributed by atoms with E-state index >= 15 is 0 Å². The second kappa shape index (κ2) is 8.64. The summed E-state index contributed by atoms with van der Waals surface area (Å²) < 4.78 is 2.13. The number of benzene rings is 1. The summed E-state index contributed by atoms with van der Waals surface area (Å²) in [6, 6.07) is 8.44. The molecule has 0 radical (unpaired) electrons. The summed E-state index contributed by atoms with van der Waals surface area (Å²) >= 11 is 0. The maximum Gasteiger partial charge on any atom is 0.192 e. The van der Waals surface area contributed by atoms with Gasteiger partial charge >= 0.3 is 0 Å². The largest absolute Gasteiger partial charge is 0.357 e. The van der Waals surface area contributed by atoms with E-state index in [1.807, 2.05) is 26.2 Å². The van der Waals surface area contributed by atoms with Gasteiger partial charge in [0.2, 0.25) is 0 Å². The first-order valence-corrected chi connectivity index (χ1v) is 7.74. The second-order valence-electron chi connectivity index (χ2n) is 5.18. The zero-order valence-electron chi connectivity index (χ0n) is 13.7. The molecule has 2 N–H and O–H groups in total. The predicted octanol–water partition coefficient (Wildman–Crippen LogP) is 1.93.